The molecule has 1 aromatic heterocycles. The van der Waals surface area contributed by atoms with Crippen LogP contribution in [0.5, 0.6) is 5.75 Å². The molecular formula is C20H20ClFN4O2S. The number of anilines is 1. The summed E-state index contributed by atoms with van der Waals surface area (Å²) in [6.07, 6.45) is -0.467. The van der Waals surface area contributed by atoms with E-state index >= 15 is 0 Å². The number of amides is 1. The van der Waals surface area contributed by atoms with E-state index in [0.29, 0.717) is 16.7 Å². The summed E-state index contributed by atoms with van der Waals surface area (Å²) in [5.41, 5.74) is 1.78. The molecule has 1 amide bonds. The molecule has 29 heavy (non-hydrogen) atoms. The number of para-hydroxylation sites is 1. The molecule has 0 saturated carbocycles. The monoisotopic (exact) mass is 434 g/mol. The number of rotatable bonds is 7. The summed E-state index contributed by atoms with van der Waals surface area (Å²) in [5.74, 6) is 0.550. The smallest absolute Gasteiger partial charge is 0.234 e. The number of hydrogen-bond acceptors (Lipinski definition) is 5. The lowest BCUT2D eigenvalue weighted by Crippen LogP contribution is -2.15. The molecule has 3 aromatic rings. The third-order valence-corrected chi connectivity index (χ3v) is 5.50. The standard InChI is InChI=1S/C20H20ClFN4O2S/c1-12-6-4-5-7-16(12)23-18(27)11-29-20-25-24-19(26(20)3)13(2)28-17-9-8-14(22)10-15(17)21/h4-10,13H,11H2,1-3H3,(H,23,27). The summed E-state index contributed by atoms with van der Waals surface area (Å²) in [4.78, 5) is 12.2. The minimum Gasteiger partial charge on any atom is -0.481 e. The fourth-order valence-electron chi connectivity index (χ4n) is 2.65. The van der Waals surface area contributed by atoms with E-state index in [1.165, 1.54) is 30.0 Å². The van der Waals surface area contributed by atoms with Crippen molar-refractivity contribution in [3.63, 3.8) is 0 Å². The molecule has 152 valence electrons. The van der Waals surface area contributed by atoms with Gasteiger partial charge in [0.05, 0.1) is 10.8 Å². The summed E-state index contributed by atoms with van der Waals surface area (Å²) in [7, 11) is 1.79. The lowest BCUT2D eigenvalue weighted by atomic mass is 10.2. The van der Waals surface area contributed by atoms with E-state index in [4.69, 9.17) is 16.3 Å². The van der Waals surface area contributed by atoms with Gasteiger partial charge in [-0.05, 0) is 43.7 Å². The lowest BCUT2D eigenvalue weighted by molar-refractivity contribution is -0.113. The highest BCUT2D eigenvalue weighted by Gasteiger charge is 2.19. The number of nitrogens with zero attached hydrogens (tertiary/aromatic N) is 3. The molecule has 9 heteroatoms. The third kappa shape index (κ3) is 5.27. The van der Waals surface area contributed by atoms with Gasteiger partial charge in [0.2, 0.25) is 5.91 Å². The fraction of sp³-hybridized carbons (Fsp3) is 0.250. The number of hydrogen-bond donors (Lipinski definition) is 1. The molecule has 1 unspecified atom stereocenters. The number of benzene rings is 2. The van der Waals surface area contributed by atoms with Crippen molar-refractivity contribution in [1.82, 2.24) is 14.8 Å². The fourth-order valence-corrected chi connectivity index (χ4v) is 3.58. The number of carbonyl (C=O) groups excluding carboxylic acids is 1. The van der Waals surface area contributed by atoms with Gasteiger partial charge in [-0.1, -0.05) is 41.6 Å². The first kappa shape index (κ1) is 21.1. The van der Waals surface area contributed by atoms with Crippen molar-refractivity contribution in [3.8, 4) is 5.75 Å². The minimum absolute atomic E-state index is 0.128. The average molecular weight is 435 g/mol. The van der Waals surface area contributed by atoms with Crippen molar-refractivity contribution in [3.05, 3.63) is 64.7 Å². The number of carbonyl (C=O) groups is 1. The second-order valence-corrected chi connectivity index (χ2v) is 7.74. The molecule has 0 saturated heterocycles. The highest BCUT2D eigenvalue weighted by molar-refractivity contribution is 7.99. The van der Waals surface area contributed by atoms with Crippen LogP contribution in [0.25, 0.3) is 0 Å². The topological polar surface area (TPSA) is 69.0 Å². The molecule has 0 radical (unpaired) electrons. The molecule has 0 spiro atoms. The Morgan fingerprint density at radius 3 is 2.79 bits per heavy atom. The molecule has 0 fully saturated rings. The van der Waals surface area contributed by atoms with Gasteiger partial charge in [0.25, 0.3) is 0 Å². The molecule has 0 aliphatic heterocycles. The first-order chi connectivity index (χ1) is 13.8. The number of thioether (sulfide) groups is 1. The van der Waals surface area contributed by atoms with E-state index < -0.39 is 11.9 Å². The van der Waals surface area contributed by atoms with E-state index in [1.54, 1.807) is 18.5 Å². The molecule has 1 N–H and O–H groups in total. The van der Waals surface area contributed by atoms with E-state index in [2.05, 4.69) is 15.5 Å². The second-order valence-electron chi connectivity index (χ2n) is 6.39. The van der Waals surface area contributed by atoms with Gasteiger partial charge in [0, 0.05) is 12.7 Å². The molecule has 1 heterocycles. The van der Waals surface area contributed by atoms with Crippen LogP contribution in [-0.2, 0) is 11.8 Å². The van der Waals surface area contributed by atoms with Gasteiger partial charge < -0.3 is 14.6 Å². The van der Waals surface area contributed by atoms with Gasteiger partial charge >= 0.3 is 0 Å². The lowest BCUT2D eigenvalue weighted by Gasteiger charge is -2.15. The van der Waals surface area contributed by atoms with Crippen LogP contribution in [0.15, 0.2) is 47.6 Å². The Labute approximate surface area is 177 Å². The van der Waals surface area contributed by atoms with Crippen LogP contribution >= 0.6 is 23.4 Å². The Hall–Kier alpha value is -2.58. The Morgan fingerprint density at radius 1 is 1.31 bits per heavy atom. The molecule has 2 aromatic carbocycles. The normalized spacial score (nSPS) is 11.9. The summed E-state index contributed by atoms with van der Waals surface area (Å²) in [6, 6.07) is 11.5. The van der Waals surface area contributed by atoms with Gasteiger partial charge in [-0.15, -0.1) is 10.2 Å². The predicted octanol–water partition coefficient (Wildman–Crippen LogP) is 4.79. The summed E-state index contributed by atoms with van der Waals surface area (Å²) >= 11 is 7.29. The van der Waals surface area contributed by atoms with Crippen LogP contribution in [0.2, 0.25) is 5.02 Å². The Kier molecular flexibility index (Phi) is 6.76. The number of ether oxygens (including phenoxy) is 1. The van der Waals surface area contributed by atoms with E-state index in [9.17, 15) is 9.18 Å². The molecule has 6 nitrogen and oxygen atoms in total. The van der Waals surface area contributed by atoms with E-state index in [1.807, 2.05) is 31.2 Å². The van der Waals surface area contributed by atoms with Gasteiger partial charge in [0.15, 0.2) is 17.1 Å². The highest BCUT2D eigenvalue weighted by atomic mass is 35.5. The van der Waals surface area contributed by atoms with Gasteiger partial charge in [-0.25, -0.2) is 4.39 Å². The molecule has 0 bridgehead atoms. The van der Waals surface area contributed by atoms with Crippen LogP contribution in [0.3, 0.4) is 0 Å². The number of halogens is 2. The number of aryl methyl sites for hydroxylation is 1. The van der Waals surface area contributed by atoms with Crippen molar-refractivity contribution < 1.29 is 13.9 Å². The zero-order chi connectivity index (χ0) is 21.0. The molecule has 0 aliphatic carbocycles. The first-order valence-corrected chi connectivity index (χ1v) is 10.2. The quantitative estimate of drug-likeness (QED) is 0.541. The number of nitrogens with one attached hydrogen (secondary N) is 1. The SMILES string of the molecule is Cc1ccccc1NC(=O)CSc1nnc(C(C)Oc2ccc(F)cc2Cl)n1C. The summed E-state index contributed by atoms with van der Waals surface area (Å²) in [5, 5.41) is 11.9. The number of aromatic nitrogens is 3. The maximum Gasteiger partial charge on any atom is 0.234 e. The van der Waals surface area contributed by atoms with Gasteiger partial charge in [-0.2, -0.15) is 0 Å². The van der Waals surface area contributed by atoms with Crippen molar-refractivity contribution >= 4 is 35.0 Å². The van der Waals surface area contributed by atoms with E-state index in [-0.39, 0.29) is 16.7 Å². The zero-order valence-corrected chi connectivity index (χ0v) is 17.7. The predicted molar refractivity (Wildman–Crippen MR) is 112 cm³/mol. The maximum absolute atomic E-state index is 13.2. The highest BCUT2D eigenvalue weighted by Crippen LogP contribution is 2.30. The maximum atomic E-state index is 13.2. The molecule has 3 rings (SSSR count). The molecular weight excluding hydrogens is 415 g/mol. The Bertz CT molecular complexity index is 1030. The van der Waals surface area contributed by atoms with Crippen LogP contribution in [-0.4, -0.2) is 26.4 Å². The van der Waals surface area contributed by atoms with Gasteiger partial charge in [0.1, 0.15) is 11.6 Å². The summed E-state index contributed by atoms with van der Waals surface area (Å²) in [6.45, 7) is 3.73. The Balaban J connectivity index is 1.61. The summed E-state index contributed by atoms with van der Waals surface area (Å²) < 4.78 is 20.7. The van der Waals surface area contributed by atoms with Crippen molar-refractivity contribution in [2.45, 2.75) is 25.1 Å². The Morgan fingerprint density at radius 2 is 2.07 bits per heavy atom. The van der Waals surface area contributed by atoms with Crippen molar-refractivity contribution in [2.24, 2.45) is 7.05 Å². The van der Waals surface area contributed by atoms with Crippen LogP contribution in [0, 0.1) is 12.7 Å². The van der Waals surface area contributed by atoms with Crippen LogP contribution < -0.4 is 10.1 Å². The van der Waals surface area contributed by atoms with E-state index in [0.717, 1.165) is 11.3 Å². The van der Waals surface area contributed by atoms with Gasteiger partial charge in [-0.3, -0.25) is 4.79 Å². The second kappa shape index (κ2) is 9.28. The molecule has 1 atom stereocenters. The third-order valence-electron chi connectivity index (χ3n) is 4.18. The zero-order valence-electron chi connectivity index (χ0n) is 16.1. The largest absolute Gasteiger partial charge is 0.481 e. The van der Waals surface area contributed by atoms with Crippen molar-refractivity contribution in [2.75, 3.05) is 11.1 Å². The molecule has 0 aliphatic rings. The van der Waals surface area contributed by atoms with Crippen LogP contribution in [0.4, 0.5) is 10.1 Å². The minimum atomic E-state index is -0.467. The first-order valence-electron chi connectivity index (χ1n) is 8.84. The van der Waals surface area contributed by atoms with Crippen LogP contribution in [0.1, 0.15) is 24.4 Å². The van der Waals surface area contributed by atoms with Crippen molar-refractivity contribution in [1.29, 1.82) is 0 Å². The average Bonchev–Trinajstić information content (AvgIpc) is 3.05.